The highest BCUT2D eigenvalue weighted by atomic mass is 32.2. The summed E-state index contributed by atoms with van der Waals surface area (Å²) >= 11 is 0. The van der Waals surface area contributed by atoms with Crippen LogP contribution in [0.2, 0.25) is 0 Å². The van der Waals surface area contributed by atoms with E-state index < -0.39 is 15.8 Å². The number of hydrogen-bond donors (Lipinski definition) is 0. The van der Waals surface area contributed by atoms with Crippen molar-refractivity contribution in [2.45, 2.75) is 52.5 Å². The molecule has 0 N–H and O–H groups in total. The number of rotatable bonds is 8. The second-order valence-electron chi connectivity index (χ2n) is 6.64. The van der Waals surface area contributed by atoms with Gasteiger partial charge in [-0.15, -0.1) is 0 Å². The monoisotopic (exact) mass is 386 g/mol. The van der Waals surface area contributed by atoms with Crippen LogP contribution in [0.4, 0.5) is 0 Å². The van der Waals surface area contributed by atoms with E-state index in [9.17, 15) is 18.0 Å². The Kier molecular flexibility index (Phi) is 6.80. The lowest BCUT2D eigenvalue weighted by atomic mass is 10.1. The molecule has 1 atom stereocenters. The maximum Gasteiger partial charge on any atom is 0.310 e. The second kappa shape index (κ2) is 8.66. The van der Waals surface area contributed by atoms with E-state index in [-0.39, 0.29) is 36.5 Å². The van der Waals surface area contributed by atoms with Gasteiger partial charge in [0.15, 0.2) is 16.4 Å². The number of amides is 1. The Bertz CT molecular complexity index is 736. The van der Waals surface area contributed by atoms with Crippen LogP contribution in [0.5, 0.6) is 0 Å². The van der Waals surface area contributed by atoms with Crippen LogP contribution >= 0.6 is 0 Å². The molecule has 2 heterocycles. The average molecular weight is 386 g/mol. The fraction of sp³-hybridized carbons (Fsp3) is 0.706. The molecule has 1 aromatic rings. The molecule has 1 amide bonds. The van der Waals surface area contributed by atoms with Crippen LogP contribution < -0.4 is 0 Å². The molecule has 0 aromatic carbocycles. The molecule has 26 heavy (non-hydrogen) atoms. The van der Waals surface area contributed by atoms with Gasteiger partial charge in [0, 0.05) is 18.2 Å². The summed E-state index contributed by atoms with van der Waals surface area (Å²) in [6, 6.07) is -0.333. The van der Waals surface area contributed by atoms with Gasteiger partial charge in [-0.3, -0.25) is 9.59 Å². The highest BCUT2D eigenvalue weighted by Crippen LogP contribution is 2.19. The highest BCUT2D eigenvalue weighted by molar-refractivity contribution is 7.91. The van der Waals surface area contributed by atoms with E-state index in [4.69, 9.17) is 9.26 Å². The van der Waals surface area contributed by atoms with Gasteiger partial charge in [-0.1, -0.05) is 18.5 Å². The lowest BCUT2D eigenvalue weighted by molar-refractivity contribution is -0.152. The fourth-order valence-electron chi connectivity index (χ4n) is 3.04. The number of esters is 1. The first-order chi connectivity index (χ1) is 12.2. The van der Waals surface area contributed by atoms with E-state index in [2.05, 4.69) is 5.16 Å². The van der Waals surface area contributed by atoms with E-state index in [1.807, 2.05) is 6.92 Å². The Morgan fingerprint density at radius 2 is 2.08 bits per heavy atom. The van der Waals surface area contributed by atoms with Gasteiger partial charge >= 0.3 is 5.97 Å². The summed E-state index contributed by atoms with van der Waals surface area (Å²) in [7, 11) is -3.09. The van der Waals surface area contributed by atoms with Gasteiger partial charge in [-0.05, 0) is 26.7 Å². The van der Waals surface area contributed by atoms with E-state index in [1.165, 1.54) is 0 Å². The number of nitrogens with zero attached hydrogens (tertiary/aromatic N) is 2. The summed E-state index contributed by atoms with van der Waals surface area (Å²) < 4.78 is 33.5. The Balaban J connectivity index is 1.93. The number of aryl methyl sites for hydroxylation is 2. The summed E-state index contributed by atoms with van der Waals surface area (Å²) in [6.07, 6.45) is 2.08. The molecule has 1 aromatic heterocycles. The Labute approximate surface area is 153 Å². The predicted molar refractivity (Wildman–Crippen MR) is 94.3 cm³/mol. The minimum atomic E-state index is -3.09. The van der Waals surface area contributed by atoms with E-state index in [1.54, 1.807) is 18.7 Å². The van der Waals surface area contributed by atoms with Gasteiger partial charge in [-0.2, -0.15) is 0 Å². The largest absolute Gasteiger partial charge is 0.455 e. The van der Waals surface area contributed by atoms with Crippen molar-refractivity contribution in [3.63, 3.8) is 0 Å². The van der Waals surface area contributed by atoms with Gasteiger partial charge in [0.2, 0.25) is 0 Å². The van der Waals surface area contributed by atoms with Gasteiger partial charge in [0.25, 0.3) is 5.91 Å². The Morgan fingerprint density at radius 1 is 1.35 bits per heavy atom. The molecule has 8 nitrogen and oxygen atoms in total. The Hall–Kier alpha value is -1.90. The normalized spacial score (nSPS) is 18.7. The zero-order valence-electron chi connectivity index (χ0n) is 15.5. The molecule has 146 valence electrons. The molecule has 1 unspecified atom stereocenters. The van der Waals surface area contributed by atoms with Crippen molar-refractivity contribution >= 4 is 21.7 Å². The highest BCUT2D eigenvalue weighted by Gasteiger charge is 2.34. The lowest BCUT2D eigenvalue weighted by Gasteiger charge is -2.28. The van der Waals surface area contributed by atoms with Crippen LogP contribution in [0, 0.1) is 13.8 Å². The van der Waals surface area contributed by atoms with Gasteiger partial charge in [0.05, 0.1) is 23.6 Å². The zero-order valence-corrected chi connectivity index (χ0v) is 16.3. The number of sulfone groups is 1. The topological polar surface area (TPSA) is 107 Å². The number of carbonyl (C=O) groups excluding carboxylic acids is 2. The third-order valence-electron chi connectivity index (χ3n) is 4.58. The zero-order chi connectivity index (χ0) is 19.3. The number of ether oxygens (including phenoxy) is 1. The maximum atomic E-state index is 12.5. The number of carbonyl (C=O) groups is 2. The lowest BCUT2D eigenvalue weighted by Crippen LogP contribution is -2.44. The molecular weight excluding hydrogens is 360 g/mol. The summed E-state index contributed by atoms with van der Waals surface area (Å²) in [6.45, 7) is 5.52. The molecule has 9 heteroatoms. The molecule has 0 saturated carbocycles. The van der Waals surface area contributed by atoms with E-state index in [0.29, 0.717) is 30.0 Å². The maximum absolute atomic E-state index is 12.5. The summed E-state index contributed by atoms with van der Waals surface area (Å²) in [5, 5.41) is 3.78. The van der Waals surface area contributed by atoms with Crippen LogP contribution in [0.15, 0.2) is 4.52 Å². The van der Waals surface area contributed by atoms with Crippen LogP contribution in [-0.4, -0.2) is 61.1 Å². The van der Waals surface area contributed by atoms with E-state index in [0.717, 1.165) is 12.8 Å². The van der Waals surface area contributed by atoms with Crippen molar-refractivity contribution in [2.24, 2.45) is 0 Å². The molecule has 0 aliphatic carbocycles. The van der Waals surface area contributed by atoms with E-state index >= 15 is 0 Å². The van der Waals surface area contributed by atoms with Crippen molar-refractivity contribution < 1.29 is 27.3 Å². The quantitative estimate of drug-likeness (QED) is 0.618. The molecule has 0 radical (unpaired) electrons. The van der Waals surface area contributed by atoms with Crippen molar-refractivity contribution in [3.8, 4) is 0 Å². The second-order valence-corrected chi connectivity index (χ2v) is 8.87. The molecule has 0 spiro atoms. The minimum absolute atomic E-state index is 0.0127. The van der Waals surface area contributed by atoms with Crippen LogP contribution in [0.3, 0.4) is 0 Å². The van der Waals surface area contributed by atoms with Crippen molar-refractivity contribution in [2.75, 3.05) is 24.7 Å². The SMILES string of the molecule is CCCCN(C(=O)COC(=O)Cc1c(C)noc1C)C1CCS(=O)(=O)C1. The third-order valence-corrected chi connectivity index (χ3v) is 6.33. The molecule has 1 aliphatic rings. The first-order valence-electron chi connectivity index (χ1n) is 8.80. The predicted octanol–water partition coefficient (Wildman–Crippen LogP) is 1.19. The number of aromatic nitrogens is 1. The smallest absolute Gasteiger partial charge is 0.310 e. The first-order valence-corrected chi connectivity index (χ1v) is 10.6. The Morgan fingerprint density at radius 3 is 2.62 bits per heavy atom. The van der Waals surface area contributed by atoms with Crippen LogP contribution in [0.25, 0.3) is 0 Å². The average Bonchev–Trinajstić information content (AvgIpc) is 3.09. The standard InChI is InChI=1S/C17H26N2O6S/c1-4-5-7-19(14-6-8-26(22,23)11-14)16(20)10-24-17(21)9-15-12(2)18-25-13(15)3/h14H,4-11H2,1-3H3. The summed E-state index contributed by atoms with van der Waals surface area (Å²) in [5.41, 5.74) is 1.28. The minimum Gasteiger partial charge on any atom is -0.455 e. The van der Waals surface area contributed by atoms with Crippen molar-refractivity contribution in [1.82, 2.24) is 10.1 Å². The molecule has 0 bridgehead atoms. The molecule has 2 rings (SSSR count). The first kappa shape index (κ1) is 20.4. The molecule has 1 aliphatic heterocycles. The number of hydrogen-bond acceptors (Lipinski definition) is 7. The summed E-state index contributed by atoms with van der Waals surface area (Å²) in [5.74, 6) is -0.268. The number of unbranched alkanes of at least 4 members (excludes halogenated alkanes) is 1. The van der Waals surface area contributed by atoms with Crippen LogP contribution in [-0.2, 0) is 30.6 Å². The fourth-order valence-corrected chi connectivity index (χ4v) is 4.77. The third kappa shape index (κ3) is 5.30. The van der Waals surface area contributed by atoms with Gasteiger partial charge < -0.3 is 14.2 Å². The van der Waals surface area contributed by atoms with Gasteiger partial charge in [-0.25, -0.2) is 8.42 Å². The molecular formula is C17H26N2O6S. The van der Waals surface area contributed by atoms with Crippen LogP contribution in [0.1, 0.15) is 43.2 Å². The molecule has 1 fully saturated rings. The van der Waals surface area contributed by atoms with Gasteiger partial charge in [0.1, 0.15) is 5.76 Å². The van der Waals surface area contributed by atoms with Crippen molar-refractivity contribution in [3.05, 3.63) is 17.0 Å². The summed E-state index contributed by atoms with van der Waals surface area (Å²) in [4.78, 5) is 26.1. The van der Waals surface area contributed by atoms with Crippen molar-refractivity contribution in [1.29, 1.82) is 0 Å². The molecule has 1 saturated heterocycles.